The Labute approximate surface area is 187 Å². The van der Waals surface area contributed by atoms with Gasteiger partial charge in [-0.2, -0.15) is 5.26 Å². The van der Waals surface area contributed by atoms with Crippen molar-refractivity contribution in [1.82, 2.24) is 5.32 Å². The summed E-state index contributed by atoms with van der Waals surface area (Å²) in [7, 11) is 3.09. The number of methoxy groups -OCH3 is 2. The molecule has 1 N–H and O–H groups in total. The zero-order chi connectivity index (χ0) is 22.8. The monoisotopic (exact) mass is 444 g/mol. The molecule has 8 heteroatoms. The molecule has 0 aromatic heterocycles. The topological polar surface area (TPSA) is 89.8 Å². The second-order valence-corrected chi connectivity index (χ2v) is 6.63. The SMILES string of the molecule is CCOc1cc(/C=C(\C#N)C(=O)NCc2ccc(OC)cc2OC)cc(Cl)c1OCC. The van der Waals surface area contributed by atoms with Crippen LogP contribution in [-0.4, -0.2) is 33.3 Å². The molecule has 0 fully saturated rings. The van der Waals surface area contributed by atoms with E-state index >= 15 is 0 Å². The summed E-state index contributed by atoms with van der Waals surface area (Å²) in [5.41, 5.74) is 1.22. The molecule has 0 spiro atoms. The third-order valence-corrected chi connectivity index (χ3v) is 4.51. The van der Waals surface area contributed by atoms with Gasteiger partial charge >= 0.3 is 0 Å². The Balaban J connectivity index is 2.23. The molecule has 0 saturated carbocycles. The van der Waals surface area contributed by atoms with E-state index in [1.54, 1.807) is 37.4 Å². The van der Waals surface area contributed by atoms with Crippen LogP contribution >= 0.6 is 11.6 Å². The Kier molecular flexibility index (Phi) is 9.04. The number of nitriles is 1. The summed E-state index contributed by atoms with van der Waals surface area (Å²) in [6.07, 6.45) is 1.45. The van der Waals surface area contributed by atoms with Crippen LogP contribution < -0.4 is 24.3 Å². The van der Waals surface area contributed by atoms with Crippen molar-refractivity contribution in [2.45, 2.75) is 20.4 Å². The van der Waals surface area contributed by atoms with Crippen molar-refractivity contribution in [3.63, 3.8) is 0 Å². The number of benzene rings is 2. The smallest absolute Gasteiger partial charge is 0.262 e. The van der Waals surface area contributed by atoms with Crippen LogP contribution in [0.25, 0.3) is 6.08 Å². The Bertz CT molecular complexity index is 998. The van der Waals surface area contributed by atoms with Gasteiger partial charge in [0.05, 0.1) is 32.5 Å². The van der Waals surface area contributed by atoms with Crippen molar-refractivity contribution in [3.05, 3.63) is 52.1 Å². The minimum absolute atomic E-state index is 0.0739. The number of carbonyl (C=O) groups is 1. The van der Waals surface area contributed by atoms with Gasteiger partial charge in [0.2, 0.25) is 0 Å². The maximum absolute atomic E-state index is 12.6. The van der Waals surface area contributed by atoms with E-state index in [1.807, 2.05) is 19.9 Å². The largest absolute Gasteiger partial charge is 0.497 e. The average Bonchev–Trinajstić information content (AvgIpc) is 2.78. The highest BCUT2D eigenvalue weighted by atomic mass is 35.5. The van der Waals surface area contributed by atoms with E-state index in [2.05, 4.69) is 5.32 Å². The number of hydrogen-bond donors (Lipinski definition) is 1. The third-order valence-electron chi connectivity index (χ3n) is 4.23. The molecule has 0 saturated heterocycles. The fourth-order valence-electron chi connectivity index (χ4n) is 2.80. The van der Waals surface area contributed by atoms with Crippen LogP contribution in [0.15, 0.2) is 35.9 Å². The van der Waals surface area contributed by atoms with E-state index in [0.717, 1.165) is 5.56 Å². The molecule has 7 nitrogen and oxygen atoms in total. The standard InChI is InChI=1S/C23H25ClN2O5/c1-5-30-21-11-15(10-19(24)22(21)31-6-2)9-17(13-25)23(27)26-14-16-7-8-18(28-3)12-20(16)29-4/h7-12H,5-6,14H2,1-4H3,(H,26,27)/b17-9+. The van der Waals surface area contributed by atoms with E-state index in [1.165, 1.54) is 13.2 Å². The third kappa shape index (κ3) is 6.30. The van der Waals surface area contributed by atoms with Gasteiger partial charge in [0.15, 0.2) is 11.5 Å². The summed E-state index contributed by atoms with van der Waals surface area (Å²) in [4.78, 5) is 12.6. The lowest BCUT2D eigenvalue weighted by atomic mass is 10.1. The molecule has 0 radical (unpaired) electrons. The average molecular weight is 445 g/mol. The number of halogens is 1. The molecule has 0 bridgehead atoms. The summed E-state index contributed by atoms with van der Waals surface area (Å²) in [5.74, 6) is 1.56. The maximum Gasteiger partial charge on any atom is 0.262 e. The lowest BCUT2D eigenvalue weighted by Gasteiger charge is -2.13. The van der Waals surface area contributed by atoms with Gasteiger partial charge in [-0.3, -0.25) is 4.79 Å². The van der Waals surface area contributed by atoms with E-state index < -0.39 is 5.91 Å². The molecule has 0 aliphatic heterocycles. The number of ether oxygens (including phenoxy) is 4. The van der Waals surface area contributed by atoms with Crippen molar-refractivity contribution in [3.8, 4) is 29.1 Å². The molecular formula is C23H25ClN2O5. The van der Waals surface area contributed by atoms with Crippen molar-refractivity contribution in [2.75, 3.05) is 27.4 Å². The summed E-state index contributed by atoms with van der Waals surface area (Å²) < 4.78 is 21.6. The molecule has 31 heavy (non-hydrogen) atoms. The van der Waals surface area contributed by atoms with Crippen LogP contribution in [0.5, 0.6) is 23.0 Å². The first-order valence-corrected chi connectivity index (χ1v) is 10.0. The highest BCUT2D eigenvalue weighted by molar-refractivity contribution is 6.32. The summed E-state index contributed by atoms with van der Waals surface area (Å²) in [5, 5.41) is 12.6. The first kappa shape index (κ1) is 23.9. The lowest BCUT2D eigenvalue weighted by Crippen LogP contribution is -2.24. The van der Waals surface area contributed by atoms with Gasteiger partial charge in [0, 0.05) is 18.2 Å². The predicted molar refractivity (Wildman–Crippen MR) is 119 cm³/mol. The summed E-state index contributed by atoms with van der Waals surface area (Å²) >= 11 is 6.31. The molecule has 164 valence electrons. The Morgan fingerprint density at radius 2 is 1.84 bits per heavy atom. The minimum Gasteiger partial charge on any atom is -0.497 e. The lowest BCUT2D eigenvalue weighted by molar-refractivity contribution is -0.117. The number of nitrogens with zero attached hydrogens (tertiary/aromatic N) is 1. The van der Waals surface area contributed by atoms with Crippen molar-refractivity contribution in [1.29, 1.82) is 5.26 Å². The van der Waals surface area contributed by atoms with Gasteiger partial charge in [0.1, 0.15) is 23.1 Å². The molecule has 2 aromatic carbocycles. The first-order chi connectivity index (χ1) is 15.0. The van der Waals surface area contributed by atoms with Crippen LogP contribution in [0.2, 0.25) is 5.02 Å². The molecule has 0 atom stereocenters. The summed E-state index contributed by atoms with van der Waals surface area (Å²) in [6, 6.07) is 10.5. The van der Waals surface area contributed by atoms with Crippen LogP contribution in [-0.2, 0) is 11.3 Å². The van der Waals surface area contributed by atoms with Gasteiger partial charge in [-0.1, -0.05) is 11.6 Å². The Hall–Kier alpha value is -3.37. The van der Waals surface area contributed by atoms with E-state index in [-0.39, 0.29) is 12.1 Å². The number of amides is 1. The van der Waals surface area contributed by atoms with Gasteiger partial charge in [-0.05, 0) is 49.8 Å². The van der Waals surface area contributed by atoms with Gasteiger partial charge < -0.3 is 24.3 Å². The second kappa shape index (κ2) is 11.7. The molecule has 2 rings (SSSR count). The molecule has 0 aliphatic carbocycles. The van der Waals surface area contributed by atoms with Crippen molar-refractivity contribution in [2.24, 2.45) is 0 Å². The fraction of sp³-hybridized carbons (Fsp3) is 0.304. The van der Waals surface area contributed by atoms with Crippen LogP contribution in [0.1, 0.15) is 25.0 Å². The fourth-order valence-corrected chi connectivity index (χ4v) is 3.08. The zero-order valence-electron chi connectivity index (χ0n) is 18.0. The Morgan fingerprint density at radius 3 is 2.45 bits per heavy atom. The maximum atomic E-state index is 12.6. The Morgan fingerprint density at radius 1 is 1.10 bits per heavy atom. The van der Waals surface area contributed by atoms with Gasteiger partial charge in [-0.25, -0.2) is 0 Å². The highest BCUT2D eigenvalue weighted by Crippen LogP contribution is 2.37. The van der Waals surface area contributed by atoms with Crippen LogP contribution in [0.3, 0.4) is 0 Å². The number of carbonyl (C=O) groups excluding carboxylic acids is 1. The molecule has 0 aliphatic rings. The van der Waals surface area contributed by atoms with Crippen molar-refractivity contribution < 1.29 is 23.7 Å². The van der Waals surface area contributed by atoms with Gasteiger partial charge in [-0.15, -0.1) is 0 Å². The number of nitrogens with one attached hydrogen (secondary N) is 1. The van der Waals surface area contributed by atoms with Crippen LogP contribution in [0.4, 0.5) is 0 Å². The predicted octanol–water partition coefficient (Wildman–Crippen LogP) is 4.38. The molecular weight excluding hydrogens is 420 g/mol. The first-order valence-electron chi connectivity index (χ1n) is 9.67. The molecule has 2 aromatic rings. The van der Waals surface area contributed by atoms with E-state index in [0.29, 0.717) is 46.8 Å². The number of hydrogen-bond acceptors (Lipinski definition) is 6. The normalized spacial score (nSPS) is 10.8. The van der Waals surface area contributed by atoms with Gasteiger partial charge in [0.25, 0.3) is 5.91 Å². The quantitative estimate of drug-likeness (QED) is 0.432. The summed E-state index contributed by atoms with van der Waals surface area (Å²) in [6.45, 7) is 4.71. The van der Waals surface area contributed by atoms with Crippen LogP contribution in [0, 0.1) is 11.3 Å². The minimum atomic E-state index is -0.525. The molecule has 0 heterocycles. The van der Waals surface area contributed by atoms with E-state index in [4.69, 9.17) is 30.5 Å². The molecule has 0 unspecified atom stereocenters. The van der Waals surface area contributed by atoms with E-state index in [9.17, 15) is 10.1 Å². The zero-order valence-corrected chi connectivity index (χ0v) is 18.7. The highest BCUT2D eigenvalue weighted by Gasteiger charge is 2.15. The van der Waals surface area contributed by atoms with Crippen molar-refractivity contribution >= 4 is 23.6 Å². The number of rotatable bonds is 10. The molecule has 1 amide bonds. The second-order valence-electron chi connectivity index (χ2n) is 6.23.